The molecule has 3 heteroatoms. The maximum absolute atomic E-state index is 12.7. The van der Waals surface area contributed by atoms with E-state index in [0.29, 0.717) is 24.0 Å². The Bertz CT molecular complexity index is 344. The molecule has 0 aromatic heterocycles. The van der Waals surface area contributed by atoms with Crippen molar-refractivity contribution < 1.29 is 9.53 Å². The molecule has 1 heterocycles. The number of morpholine rings is 1. The number of hydrogen-bond acceptors (Lipinski definition) is 2. The standard InChI is InChI=1S/C15H23NO2/c17-15(12-8-10-7-11(10)9-12)16-5-6-18-14-4-2-1-3-13(14)16/h10-14H,1-9H2. The zero-order valence-electron chi connectivity index (χ0n) is 11.0. The smallest absolute Gasteiger partial charge is 0.226 e. The van der Waals surface area contributed by atoms with Gasteiger partial charge in [-0.25, -0.2) is 0 Å². The Morgan fingerprint density at radius 3 is 2.67 bits per heavy atom. The van der Waals surface area contributed by atoms with Gasteiger partial charge in [0.1, 0.15) is 0 Å². The first-order valence-corrected chi connectivity index (χ1v) is 7.75. The molecule has 0 aromatic carbocycles. The van der Waals surface area contributed by atoms with Crippen LogP contribution in [0, 0.1) is 17.8 Å². The van der Waals surface area contributed by atoms with Crippen molar-refractivity contribution in [3.63, 3.8) is 0 Å². The van der Waals surface area contributed by atoms with Gasteiger partial charge < -0.3 is 9.64 Å². The summed E-state index contributed by atoms with van der Waals surface area (Å²) in [5.74, 6) is 2.63. The monoisotopic (exact) mass is 249 g/mol. The highest BCUT2D eigenvalue weighted by atomic mass is 16.5. The van der Waals surface area contributed by atoms with Gasteiger partial charge in [-0.05, 0) is 43.9 Å². The second-order valence-corrected chi connectivity index (χ2v) is 6.72. The minimum atomic E-state index is 0.340. The molecule has 4 aliphatic rings. The van der Waals surface area contributed by atoms with Gasteiger partial charge >= 0.3 is 0 Å². The Morgan fingerprint density at radius 1 is 1.06 bits per heavy atom. The topological polar surface area (TPSA) is 29.5 Å². The molecular weight excluding hydrogens is 226 g/mol. The van der Waals surface area contributed by atoms with Crippen LogP contribution >= 0.6 is 0 Å². The summed E-state index contributed by atoms with van der Waals surface area (Å²) in [5, 5.41) is 0. The van der Waals surface area contributed by atoms with Crippen LogP contribution in [0.15, 0.2) is 0 Å². The minimum absolute atomic E-state index is 0.340. The SMILES string of the molecule is O=C(C1CC2CC2C1)N1CCOC2CCCCC21. The Kier molecular flexibility index (Phi) is 2.65. The first kappa shape index (κ1) is 11.3. The second kappa shape index (κ2) is 4.22. The van der Waals surface area contributed by atoms with Crippen LogP contribution in [0.5, 0.6) is 0 Å². The molecule has 4 fully saturated rings. The average molecular weight is 249 g/mol. The lowest BCUT2D eigenvalue weighted by Crippen LogP contribution is -2.56. The number of nitrogens with zero attached hydrogens (tertiary/aromatic N) is 1. The highest BCUT2D eigenvalue weighted by molar-refractivity contribution is 5.80. The van der Waals surface area contributed by atoms with E-state index in [-0.39, 0.29) is 0 Å². The van der Waals surface area contributed by atoms with E-state index in [1.807, 2.05) is 0 Å². The Morgan fingerprint density at radius 2 is 1.83 bits per heavy atom. The fraction of sp³-hybridized carbons (Fsp3) is 0.933. The molecule has 3 aliphatic carbocycles. The first-order valence-electron chi connectivity index (χ1n) is 7.75. The van der Waals surface area contributed by atoms with Gasteiger partial charge in [-0.2, -0.15) is 0 Å². The minimum Gasteiger partial charge on any atom is -0.374 e. The number of fused-ring (bicyclic) bond motifs is 2. The Labute approximate surface area is 109 Å². The molecule has 0 spiro atoms. The van der Waals surface area contributed by atoms with E-state index < -0.39 is 0 Å². The van der Waals surface area contributed by atoms with Crippen molar-refractivity contribution in [2.75, 3.05) is 13.2 Å². The van der Waals surface area contributed by atoms with Gasteiger partial charge in [0.25, 0.3) is 0 Å². The number of amides is 1. The zero-order chi connectivity index (χ0) is 12.1. The van der Waals surface area contributed by atoms with Crippen molar-refractivity contribution in [2.24, 2.45) is 17.8 Å². The summed E-state index contributed by atoms with van der Waals surface area (Å²) in [6.07, 6.45) is 8.96. The molecule has 1 aliphatic heterocycles. The predicted molar refractivity (Wildman–Crippen MR) is 68.0 cm³/mol. The zero-order valence-corrected chi connectivity index (χ0v) is 11.0. The molecule has 0 bridgehead atoms. The summed E-state index contributed by atoms with van der Waals surface area (Å²) in [7, 11) is 0. The molecule has 100 valence electrons. The lowest BCUT2D eigenvalue weighted by atomic mass is 9.89. The molecule has 1 amide bonds. The maximum Gasteiger partial charge on any atom is 0.226 e. The van der Waals surface area contributed by atoms with Crippen molar-refractivity contribution in [1.29, 1.82) is 0 Å². The van der Waals surface area contributed by atoms with Crippen molar-refractivity contribution in [3.8, 4) is 0 Å². The summed E-state index contributed by atoms with van der Waals surface area (Å²) in [5.41, 5.74) is 0. The molecule has 4 rings (SSSR count). The van der Waals surface area contributed by atoms with E-state index in [0.717, 1.165) is 37.8 Å². The Hall–Kier alpha value is -0.570. The summed E-state index contributed by atoms with van der Waals surface area (Å²) in [6.45, 7) is 1.60. The fourth-order valence-electron chi connectivity index (χ4n) is 4.52. The van der Waals surface area contributed by atoms with Crippen LogP contribution in [0.1, 0.15) is 44.9 Å². The second-order valence-electron chi connectivity index (χ2n) is 6.72. The summed E-state index contributed by atoms with van der Waals surface area (Å²) in [4.78, 5) is 14.9. The highest BCUT2D eigenvalue weighted by Gasteiger charge is 2.50. The number of ether oxygens (including phenoxy) is 1. The molecule has 0 aromatic rings. The number of rotatable bonds is 1. The number of hydrogen-bond donors (Lipinski definition) is 0. The van der Waals surface area contributed by atoms with Crippen LogP contribution in [-0.4, -0.2) is 36.1 Å². The summed E-state index contributed by atoms with van der Waals surface area (Å²) >= 11 is 0. The van der Waals surface area contributed by atoms with Gasteiger partial charge in [0.05, 0.1) is 18.8 Å². The van der Waals surface area contributed by atoms with E-state index in [2.05, 4.69) is 4.90 Å². The van der Waals surface area contributed by atoms with E-state index in [9.17, 15) is 4.79 Å². The predicted octanol–water partition coefficient (Wildman–Crippen LogP) is 2.20. The van der Waals surface area contributed by atoms with E-state index in [4.69, 9.17) is 4.74 Å². The average Bonchev–Trinajstić information content (AvgIpc) is 3.04. The van der Waals surface area contributed by atoms with Gasteiger partial charge in [0.15, 0.2) is 0 Å². The fourth-order valence-corrected chi connectivity index (χ4v) is 4.52. The van der Waals surface area contributed by atoms with Crippen molar-refractivity contribution in [1.82, 2.24) is 4.90 Å². The van der Waals surface area contributed by atoms with E-state index in [1.54, 1.807) is 0 Å². The molecule has 1 saturated heterocycles. The van der Waals surface area contributed by atoms with Crippen molar-refractivity contribution in [2.45, 2.75) is 57.1 Å². The molecular formula is C15H23NO2. The Balaban J connectivity index is 1.46. The molecule has 0 N–H and O–H groups in total. The molecule has 0 radical (unpaired) electrons. The van der Waals surface area contributed by atoms with Gasteiger partial charge in [0.2, 0.25) is 5.91 Å². The van der Waals surface area contributed by atoms with Gasteiger partial charge in [-0.15, -0.1) is 0 Å². The summed E-state index contributed by atoms with van der Waals surface area (Å²) < 4.78 is 5.86. The molecule has 18 heavy (non-hydrogen) atoms. The van der Waals surface area contributed by atoms with E-state index in [1.165, 1.54) is 32.1 Å². The van der Waals surface area contributed by atoms with Crippen molar-refractivity contribution in [3.05, 3.63) is 0 Å². The van der Waals surface area contributed by atoms with Crippen LogP contribution in [0.25, 0.3) is 0 Å². The van der Waals surface area contributed by atoms with Crippen LogP contribution < -0.4 is 0 Å². The largest absolute Gasteiger partial charge is 0.374 e. The normalized spacial score (nSPS) is 46.4. The molecule has 3 saturated carbocycles. The number of carbonyl (C=O) groups excluding carboxylic acids is 1. The highest BCUT2D eigenvalue weighted by Crippen LogP contribution is 2.54. The van der Waals surface area contributed by atoms with Crippen LogP contribution in [-0.2, 0) is 9.53 Å². The van der Waals surface area contributed by atoms with Crippen molar-refractivity contribution >= 4 is 5.91 Å². The van der Waals surface area contributed by atoms with Gasteiger partial charge in [0, 0.05) is 12.5 Å². The number of carbonyl (C=O) groups is 1. The third-order valence-corrected chi connectivity index (χ3v) is 5.61. The van der Waals surface area contributed by atoms with Gasteiger partial charge in [-0.3, -0.25) is 4.79 Å². The van der Waals surface area contributed by atoms with Crippen LogP contribution in [0.4, 0.5) is 0 Å². The molecule has 4 unspecified atom stereocenters. The maximum atomic E-state index is 12.7. The quantitative estimate of drug-likeness (QED) is 0.713. The van der Waals surface area contributed by atoms with Gasteiger partial charge in [-0.1, -0.05) is 12.8 Å². The van der Waals surface area contributed by atoms with E-state index >= 15 is 0 Å². The first-order chi connectivity index (χ1) is 8.83. The lowest BCUT2D eigenvalue weighted by Gasteiger charge is -2.44. The molecule has 3 nitrogen and oxygen atoms in total. The third-order valence-electron chi connectivity index (χ3n) is 5.61. The van der Waals surface area contributed by atoms with Crippen LogP contribution in [0.2, 0.25) is 0 Å². The lowest BCUT2D eigenvalue weighted by molar-refractivity contribution is -0.153. The molecule has 4 atom stereocenters. The summed E-state index contributed by atoms with van der Waals surface area (Å²) in [6, 6.07) is 0.400. The van der Waals surface area contributed by atoms with Crippen LogP contribution in [0.3, 0.4) is 0 Å². The third kappa shape index (κ3) is 1.78.